The SMILES string of the molecule is C=CCCC(CC(C)CC(C)(C)C)NN. The molecule has 0 bridgehead atoms. The van der Waals surface area contributed by atoms with Crippen LogP contribution < -0.4 is 11.3 Å². The van der Waals surface area contributed by atoms with Crippen LogP contribution in [0.25, 0.3) is 0 Å². The highest BCUT2D eigenvalue weighted by molar-refractivity contribution is 4.76. The molecule has 0 aromatic rings. The van der Waals surface area contributed by atoms with E-state index < -0.39 is 0 Å². The van der Waals surface area contributed by atoms with Gasteiger partial charge in [0.1, 0.15) is 0 Å². The summed E-state index contributed by atoms with van der Waals surface area (Å²) in [5.74, 6) is 6.26. The normalized spacial score (nSPS) is 16.1. The van der Waals surface area contributed by atoms with E-state index in [0.29, 0.717) is 11.5 Å². The molecule has 0 aliphatic heterocycles. The number of nitrogens with two attached hydrogens (primary N) is 1. The van der Waals surface area contributed by atoms with Gasteiger partial charge in [-0.2, -0.15) is 0 Å². The molecule has 2 heteroatoms. The average Bonchev–Trinajstić information content (AvgIpc) is 2.09. The minimum absolute atomic E-state index is 0.414. The van der Waals surface area contributed by atoms with Gasteiger partial charge < -0.3 is 0 Å². The van der Waals surface area contributed by atoms with Crippen LogP contribution in [-0.2, 0) is 0 Å². The van der Waals surface area contributed by atoms with Gasteiger partial charge in [-0.3, -0.25) is 11.3 Å². The highest BCUT2D eigenvalue weighted by Gasteiger charge is 2.18. The van der Waals surface area contributed by atoms with Gasteiger partial charge >= 0.3 is 0 Å². The van der Waals surface area contributed by atoms with E-state index in [0.717, 1.165) is 25.2 Å². The monoisotopic (exact) mass is 212 g/mol. The van der Waals surface area contributed by atoms with Gasteiger partial charge in [0.25, 0.3) is 0 Å². The van der Waals surface area contributed by atoms with Gasteiger partial charge in [0.05, 0.1) is 0 Å². The Morgan fingerprint density at radius 3 is 2.40 bits per heavy atom. The van der Waals surface area contributed by atoms with Crippen LogP contribution in [0, 0.1) is 11.3 Å². The van der Waals surface area contributed by atoms with Crippen LogP contribution in [0.2, 0.25) is 0 Å². The molecule has 2 nitrogen and oxygen atoms in total. The van der Waals surface area contributed by atoms with Crippen molar-refractivity contribution in [1.82, 2.24) is 5.43 Å². The number of nitrogens with one attached hydrogen (secondary N) is 1. The Morgan fingerprint density at radius 2 is 2.00 bits per heavy atom. The predicted molar refractivity (Wildman–Crippen MR) is 68.4 cm³/mol. The molecule has 2 atom stereocenters. The van der Waals surface area contributed by atoms with Crippen molar-refractivity contribution in [3.05, 3.63) is 12.7 Å². The largest absolute Gasteiger partial charge is 0.271 e. The lowest BCUT2D eigenvalue weighted by Gasteiger charge is -2.26. The molecule has 0 spiro atoms. The maximum Gasteiger partial charge on any atom is 0.0216 e. The third kappa shape index (κ3) is 8.64. The molecule has 2 unspecified atom stereocenters. The van der Waals surface area contributed by atoms with E-state index in [1.54, 1.807) is 0 Å². The Balaban J connectivity index is 3.89. The third-order valence-electron chi connectivity index (χ3n) is 2.60. The zero-order valence-electron chi connectivity index (χ0n) is 10.8. The van der Waals surface area contributed by atoms with E-state index in [1.165, 1.54) is 6.42 Å². The number of allylic oxidation sites excluding steroid dienone is 1. The summed E-state index contributed by atoms with van der Waals surface area (Å²) in [7, 11) is 0. The van der Waals surface area contributed by atoms with E-state index in [4.69, 9.17) is 5.84 Å². The van der Waals surface area contributed by atoms with Gasteiger partial charge in [0.2, 0.25) is 0 Å². The highest BCUT2D eigenvalue weighted by Crippen LogP contribution is 2.27. The van der Waals surface area contributed by atoms with Gasteiger partial charge in [0, 0.05) is 6.04 Å². The molecule has 0 aliphatic carbocycles. The summed E-state index contributed by atoms with van der Waals surface area (Å²) in [6, 6.07) is 0.431. The second-order valence-corrected chi connectivity index (χ2v) is 5.84. The Hall–Kier alpha value is -0.340. The summed E-state index contributed by atoms with van der Waals surface area (Å²) in [5, 5.41) is 0. The molecule has 0 amide bonds. The smallest absolute Gasteiger partial charge is 0.0216 e. The Morgan fingerprint density at radius 1 is 1.40 bits per heavy atom. The lowest BCUT2D eigenvalue weighted by atomic mass is 9.82. The van der Waals surface area contributed by atoms with Crippen LogP contribution in [-0.4, -0.2) is 6.04 Å². The van der Waals surface area contributed by atoms with Crippen LogP contribution in [0.5, 0.6) is 0 Å². The van der Waals surface area contributed by atoms with Crippen molar-refractivity contribution < 1.29 is 0 Å². The molecule has 0 heterocycles. The van der Waals surface area contributed by atoms with E-state index in [2.05, 4.69) is 39.7 Å². The van der Waals surface area contributed by atoms with Crippen molar-refractivity contribution >= 4 is 0 Å². The Bertz CT molecular complexity index is 170. The molecule has 3 N–H and O–H groups in total. The summed E-state index contributed by atoms with van der Waals surface area (Å²) < 4.78 is 0. The van der Waals surface area contributed by atoms with Crippen molar-refractivity contribution in [2.45, 2.75) is 59.4 Å². The molecule has 0 aromatic heterocycles. The third-order valence-corrected chi connectivity index (χ3v) is 2.60. The molecule has 0 aromatic carbocycles. The van der Waals surface area contributed by atoms with Crippen molar-refractivity contribution in [3.63, 3.8) is 0 Å². The Kier molecular flexibility index (Phi) is 6.86. The van der Waals surface area contributed by atoms with Crippen LogP contribution in [0.4, 0.5) is 0 Å². The minimum Gasteiger partial charge on any atom is -0.271 e. The highest BCUT2D eigenvalue weighted by atomic mass is 15.2. The van der Waals surface area contributed by atoms with Gasteiger partial charge in [-0.1, -0.05) is 33.8 Å². The van der Waals surface area contributed by atoms with Crippen molar-refractivity contribution in [2.24, 2.45) is 17.2 Å². The summed E-state index contributed by atoms with van der Waals surface area (Å²) >= 11 is 0. The molecule has 0 radical (unpaired) electrons. The number of hydrogen-bond acceptors (Lipinski definition) is 2. The van der Waals surface area contributed by atoms with Crippen LogP contribution in [0.1, 0.15) is 53.4 Å². The Labute approximate surface area is 95.3 Å². The number of hydrazine groups is 1. The maximum absolute atomic E-state index is 5.54. The summed E-state index contributed by atoms with van der Waals surface area (Å²) in [6.45, 7) is 12.9. The zero-order valence-corrected chi connectivity index (χ0v) is 10.8. The second kappa shape index (κ2) is 7.02. The first-order valence-corrected chi connectivity index (χ1v) is 5.96. The first-order chi connectivity index (χ1) is 6.89. The molecule has 90 valence electrons. The van der Waals surface area contributed by atoms with E-state index in [1.807, 2.05) is 6.08 Å². The van der Waals surface area contributed by atoms with Crippen molar-refractivity contribution in [3.8, 4) is 0 Å². The van der Waals surface area contributed by atoms with Crippen LogP contribution >= 0.6 is 0 Å². The molecular weight excluding hydrogens is 184 g/mol. The fourth-order valence-corrected chi connectivity index (χ4v) is 2.20. The zero-order chi connectivity index (χ0) is 11.9. The fraction of sp³-hybridized carbons (Fsp3) is 0.846. The van der Waals surface area contributed by atoms with Gasteiger partial charge in [-0.25, -0.2) is 0 Å². The lowest BCUT2D eigenvalue weighted by molar-refractivity contribution is 0.271. The molecule has 15 heavy (non-hydrogen) atoms. The summed E-state index contributed by atoms with van der Waals surface area (Å²) in [6.07, 6.45) is 6.49. The topological polar surface area (TPSA) is 38.0 Å². The van der Waals surface area contributed by atoms with Gasteiger partial charge in [-0.15, -0.1) is 6.58 Å². The average molecular weight is 212 g/mol. The second-order valence-electron chi connectivity index (χ2n) is 5.84. The van der Waals surface area contributed by atoms with E-state index in [-0.39, 0.29) is 0 Å². The number of rotatable bonds is 7. The predicted octanol–water partition coefficient (Wildman–Crippen LogP) is 3.25. The van der Waals surface area contributed by atoms with E-state index in [9.17, 15) is 0 Å². The molecule has 0 saturated heterocycles. The van der Waals surface area contributed by atoms with Gasteiger partial charge in [-0.05, 0) is 37.0 Å². The minimum atomic E-state index is 0.414. The number of hydrogen-bond donors (Lipinski definition) is 2. The molecule has 0 rings (SSSR count). The van der Waals surface area contributed by atoms with Gasteiger partial charge in [0.15, 0.2) is 0 Å². The molecular formula is C13H28N2. The summed E-state index contributed by atoms with van der Waals surface area (Å²) in [5.41, 5.74) is 3.32. The van der Waals surface area contributed by atoms with Crippen LogP contribution in [0.3, 0.4) is 0 Å². The van der Waals surface area contributed by atoms with Crippen molar-refractivity contribution in [2.75, 3.05) is 0 Å². The van der Waals surface area contributed by atoms with Crippen LogP contribution in [0.15, 0.2) is 12.7 Å². The molecule has 0 saturated carbocycles. The summed E-state index contributed by atoms with van der Waals surface area (Å²) in [4.78, 5) is 0. The fourth-order valence-electron chi connectivity index (χ4n) is 2.20. The lowest BCUT2D eigenvalue weighted by Crippen LogP contribution is -2.36. The van der Waals surface area contributed by atoms with E-state index >= 15 is 0 Å². The molecule has 0 fully saturated rings. The standard InChI is InChI=1S/C13H28N2/c1-6-7-8-12(15-14)9-11(2)10-13(3,4)5/h6,11-12,15H,1,7-10,14H2,2-5H3. The maximum atomic E-state index is 5.54. The molecule has 0 aliphatic rings. The quantitative estimate of drug-likeness (QED) is 0.386. The first-order valence-electron chi connectivity index (χ1n) is 5.96. The van der Waals surface area contributed by atoms with Crippen molar-refractivity contribution in [1.29, 1.82) is 0 Å². The first kappa shape index (κ1) is 14.7.